The predicted molar refractivity (Wildman–Crippen MR) is 128 cm³/mol. The number of alkyl halides is 3. The smallest absolute Gasteiger partial charge is 0.417 e. The number of aliphatic hydroxyl groups is 1. The van der Waals surface area contributed by atoms with Gasteiger partial charge in [0.1, 0.15) is 5.75 Å². The highest BCUT2D eigenvalue weighted by Gasteiger charge is 2.33. The number of nitrogens with one attached hydrogen (secondary N) is 1. The molecule has 9 heteroatoms. The van der Waals surface area contributed by atoms with Crippen LogP contribution in [0.3, 0.4) is 0 Å². The number of aliphatic hydroxyl groups excluding tert-OH is 1. The van der Waals surface area contributed by atoms with E-state index in [1.807, 2.05) is 0 Å². The molecular formula is C25H25F3N2O3S. The molecule has 0 atom stereocenters. The quantitative estimate of drug-likeness (QED) is 0.256. The first kappa shape index (κ1) is 25.6. The van der Waals surface area contributed by atoms with Gasteiger partial charge in [-0.15, -0.1) is 0 Å². The minimum atomic E-state index is -4.50. The van der Waals surface area contributed by atoms with E-state index in [4.69, 9.17) is 15.0 Å². The first-order valence-corrected chi connectivity index (χ1v) is 11.4. The predicted octanol–water partition coefficient (Wildman–Crippen LogP) is 5.91. The van der Waals surface area contributed by atoms with Crippen LogP contribution in [0.5, 0.6) is 5.75 Å². The maximum Gasteiger partial charge on any atom is 0.417 e. The molecule has 0 saturated heterocycles. The third-order valence-electron chi connectivity index (χ3n) is 5.29. The highest BCUT2D eigenvalue weighted by molar-refractivity contribution is 7.97. The third-order valence-corrected chi connectivity index (χ3v) is 5.88. The number of ether oxygens (including phenoxy) is 1. The summed E-state index contributed by atoms with van der Waals surface area (Å²) in [5.74, 6) is 0.0700. The van der Waals surface area contributed by atoms with Gasteiger partial charge < -0.3 is 15.2 Å². The molecule has 3 aromatic rings. The van der Waals surface area contributed by atoms with Gasteiger partial charge in [-0.2, -0.15) is 13.2 Å². The zero-order valence-electron chi connectivity index (χ0n) is 18.5. The van der Waals surface area contributed by atoms with E-state index in [0.29, 0.717) is 52.3 Å². The van der Waals surface area contributed by atoms with E-state index >= 15 is 0 Å². The van der Waals surface area contributed by atoms with E-state index in [9.17, 15) is 18.0 Å². The summed E-state index contributed by atoms with van der Waals surface area (Å²) >= 11 is 1.00. The molecule has 0 aliphatic rings. The van der Waals surface area contributed by atoms with E-state index in [1.165, 1.54) is 19.2 Å². The van der Waals surface area contributed by atoms with Crippen molar-refractivity contribution in [2.75, 3.05) is 19.0 Å². The number of hydrogen-bond acceptors (Lipinski definition) is 5. The third kappa shape index (κ3) is 6.11. The van der Waals surface area contributed by atoms with E-state index in [1.54, 1.807) is 42.5 Å². The standard InChI is InChI=1S/C25H25F3N2O3S/c1-33-22-15-17(9-12-23(22)34-29)24(32)30-18-10-11-19(16(14-18)6-4-5-13-31)20-7-2-3-8-21(20)25(26,27)28/h2-3,7-12,14-15,31H,4-6,13,29H2,1H3,(H,30,32). The molecule has 180 valence electrons. The van der Waals surface area contributed by atoms with Gasteiger partial charge in [-0.3, -0.25) is 9.93 Å². The topological polar surface area (TPSA) is 84.6 Å². The minimum Gasteiger partial charge on any atom is -0.496 e. The largest absolute Gasteiger partial charge is 0.496 e. The normalized spacial score (nSPS) is 11.4. The second kappa shape index (κ2) is 11.4. The molecule has 0 heterocycles. The number of benzene rings is 3. The van der Waals surface area contributed by atoms with Crippen LogP contribution in [-0.2, 0) is 12.6 Å². The summed E-state index contributed by atoms with van der Waals surface area (Å²) in [5, 5.41) is 17.5. The van der Waals surface area contributed by atoms with Crippen LogP contribution in [0, 0.1) is 0 Å². The molecule has 0 radical (unpaired) electrons. The number of rotatable bonds is 9. The lowest BCUT2D eigenvalue weighted by Gasteiger charge is -2.17. The van der Waals surface area contributed by atoms with Crippen LogP contribution >= 0.6 is 11.9 Å². The highest BCUT2D eigenvalue weighted by Crippen LogP contribution is 2.39. The molecule has 1 amide bonds. The van der Waals surface area contributed by atoms with Gasteiger partial charge in [0.15, 0.2) is 0 Å². The lowest BCUT2D eigenvalue weighted by molar-refractivity contribution is -0.137. The first-order valence-electron chi connectivity index (χ1n) is 10.5. The summed E-state index contributed by atoms with van der Waals surface area (Å²) in [6, 6.07) is 15.1. The molecule has 0 aliphatic carbocycles. The van der Waals surface area contributed by atoms with Crippen molar-refractivity contribution in [2.45, 2.75) is 30.3 Å². The number of unbranched alkanes of at least 4 members (excludes halogenated alkanes) is 1. The van der Waals surface area contributed by atoms with Gasteiger partial charge in [-0.05, 0) is 84.3 Å². The Morgan fingerprint density at radius 3 is 2.50 bits per heavy atom. The zero-order chi connectivity index (χ0) is 24.7. The molecule has 0 aliphatic heterocycles. The van der Waals surface area contributed by atoms with Crippen LogP contribution in [0.15, 0.2) is 65.6 Å². The van der Waals surface area contributed by atoms with Gasteiger partial charge in [0.25, 0.3) is 5.91 Å². The summed E-state index contributed by atoms with van der Waals surface area (Å²) in [4.78, 5) is 13.5. The lowest BCUT2D eigenvalue weighted by atomic mass is 9.92. The summed E-state index contributed by atoms with van der Waals surface area (Å²) < 4.78 is 46.1. The number of nitrogens with two attached hydrogens (primary N) is 1. The van der Waals surface area contributed by atoms with Crippen molar-refractivity contribution in [3.8, 4) is 16.9 Å². The van der Waals surface area contributed by atoms with Crippen molar-refractivity contribution in [2.24, 2.45) is 5.14 Å². The molecule has 0 spiro atoms. The number of methoxy groups -OCH3 is 1. The van der Waals surface area contributed by atoms with Gasteiger partial charge in [0, 0.05) is 17.9 Å². The van der Waals surface area contributed by atoms with Crippen LogP contribution < -0.4 is 15.2 Å². The van der Waals surface area contributed by atoms with Crippen molar-refractivity contribution >= 4 is 23.5 Å². The summed E-state index contributed by atoms with van der Waals surface area (Å²) in [6.45, 7) is -0.0101. The Labute approximate surface area is 200 Å². The van der Waals surface area contributed by atoms with Crippen molar-refractivity contribution < 1.29 is 27.8 Å². The Balaban J connectivity index is 1.95. The number of carbonyl (C=O) groups is 1. The number of amides is 1. The number of carbonyl (C=O) groups excluding carboxylic acids is 1. The molecule has 5 nitrogen and oxygen atoms in total. The average molecular weight is 491 g/mol. The van der Waals surface area contributed by atoms with Gasteiger partial charge in [-0.25, -0.2) is 0 Å². The Kier molecular flexibility index (Phi) is 8.60. The highest BCUT2D eigenvalue weighted by atomic mass is 32.2. The molecule has 0 saturated carbocycles. The molecule has 0 bridgehead atoms. The number of halogens is 3. The summed E-state index contributed by atoms with van der Waals surface area (Å²) in [5.41, 5.74) is 1.24. The van der Waals surface area contributed by atoms with Crippen molar-refractivity contribution in [3.63, 3.8) is 0 Å². The van der Waals surface area contributed by atoms with Crippen LogP contribution in [-0.4, -0.2) is 24.7 Å². The summed E-state index contributed by atoms with van der Waals surface area (Å²) in [6.07, 6.45) is -2.95. The fraction of sp³-hybridized carbons (Fsp3) is 0.240. The molecule has 3 rings (SSSR count). The van der Waals surface area contributed by atoms with E-state index in [0.717, 1.165) is 18.0 Å². The van der Waals surface area contributed by atoms with Crippen LogP contribution in [0.25, 0.3) is 11.1 Å². The van der Waals surface area contributed by atoms with Gasteiger partial charge >= 0.3 is 6.18 Å². The molecule has 0 fully saturated rings. The summed E-state index contributed by atoms with van der Waals surface area (Å²) in [7, 11) is 1.48. The molecule has 0 aromatic heterocycles. The molecule has 34 heavy (non-hydrogen) atoms. The van der Waals surface area contributed by atoms with Crippen molar-refractivity contribution in [3.05, 3.63) is 77.4 Å². The molecule has 4 N–H and O–H groups in total. The van der Waals surface area contributed by atoms with Crippen LogP contribution in [0.2, 0.25) is 0 Å². The number of hydrogen-bond donors (Lipinski definition) is 3. The zero-order valence-corrected chi connectivity index (χ0v) is 19.3. The van der Waals surface area contributed by atoms with E-state index < -0.39 is 17.6 Å². The minimum absolute atomic E-state index is 0.0101. The molecule has 3 aromatic carbocycles. The monoisotopic (exact) mass is 490 g/mol. The Bertz CT molecular complexity index is 1150. The number of aryl methyl sites for hydroxylation is 1. The van der Waals surface area contributed by atoms with Crippen molar-refractivity contribution in [1.82, 2.24) is 0 Å². The maximum absolute atomic E-state index is 13.6. The Morgan fingerprint density at radius 1 is 1.06 bits per heavy atom. The molecule has 0 unspecified atom stereocenters. The van der Waals surface area contributed by atoms with E-state index in [-0.39, 0.29) is 12.2 Å². The maximum atomic E-state index is 13.6. The van der Waals surface area contributed by atoms with Gasteiger partial charge in [0.05, 0.1) is 17.6 Å². The van der Waals surface area contributed by atoms with E-state index in [2.05, 4.69) is 5.32 Å². The first-order chi connectivity index (χ1) is 16.3. The van der Waals surface area contributed by atoms with Gasteiger partial charge in [-0.1, -0.05) is 24.3 Å². The van der Waals surface area contributed by atoms with Crippen LogP contribution in [0.1, 0.15) is 34.3 Å². The second-order valence-electron chi connectivity index (χ2n) is 7.53. The second-order valence-corrected chi connectivity index (χ2v) is 8.21. The Morgan fingerprint density at radius 2 is 1.82 bits per heavy atom. The fourth-order valence-electron chi connectivity index (χ4n) is 3.64. The average Bonchev–Trinajstić information content (AvgIpc) is 2.83. The number of anilines is 1. The SMILES string of the molecule is COc1cc(C(=O)Nc2ccc(-c3ccccc3C(F)(F)F)c(CCCCO)c2)ccc1SN. The lowest BCUT2D eigenvalue weighted by Crippen LogP contribution is -2.13. The fourth-order valence-corrected chi connectivity index (χ4v) is 4.05. The van der Waals surface area contributed by atoms with Crippen molar-refractivity contribution in [1.29, 1.82) is 0 Å². The van der Waals surface area contributed by atoms with Crippen LogP contribution in [0.4, 0.5) is 18.9 Å². The molecular weight excluding hydrogens is 465 g/mol. The van der Waals surface area contributed by atoms with Gasteiger partial charge in [0.2, 0.25) is 0 Å². The Hall–Kier alpha value is -3.01.